The summed E-state index contributed by atoms with van der Waals surface area (Å²) in [7, 11) is 2.10. The Morgan fingerprint density at radius 2 is 1.95 bits per heavy atom. The second-order valence-electron chi connectivity index (χ2n) is 6.56. The number of benzene rings is 1. The fourth-order valence-corrected chi connectivity index (χ4v) is 3.79. The summed E-state index contributed by atoms with van der Waals surface area (Å²) in [6.07, 6.45) is 4.51. The first-order valence-corrected chi connectivity index (χ1v) is 8.55. The third-order valence-corrected chi connectivity index (χ3v) is 5.00. The zero-order chi connectivity index (χ0) is 15.5. The number of amides is 1. The first kappa shape index (κ1) is 15.3. The van der Waals surface area contributed by atoms with Gasteiger partial charge in [-0.2, -0.15) is 0 Å². The minimum Gasteiger partial charge on any atom is -0.375 e. The first-order chi connectivity index (χ1) is 10.7. The minimum atomic E-state index is 0.209. The first-order valence-electron chi connectivity index (χ1n) is 8.55. The Hall–Kier alpha value is -1.55. The van der Waals surface area contributed by atoms with E-state index < -0.39 is 0 Å². The van der Waals surface area contributed by atoms with Crippen LogP contribution in [0.4, 0.5) is 5.69 Å². The summed E-state index contributed by atoms with van der Waals surface area (Å²) in [5, 5.41) is 3.45. The van der Waals surface area contributed by atoms with Crippen LogP contribution in [-0.2, 0) is 0 Å². The van der Waals surface area contributed by atoms with Crippen LogP contribution in [-0.4, -0.2) is 49.6 Å². The number of hydrogen-bond acceptors (Lipinski definition) is 3. The molecular formula is C18H27N3O. The molecule has 2 unspecified atom stereocenters. The third-order valence-electron chi connectivity index (χ3n) is 5.00. The average molecular weight is 301 g/mol. The molecule has 1 aromatic rings. The molecule has 1 aromatic carbocycles. The van der Waals surface area contributed by atoms with Gasteiger partial charge >= 0.3 is 0 Å². The Labute approximate surface area is 133 Å². The summed E-state index contributed by atoms with van der Waals surface area (Å²) in [6.45, 7) is 5.19. The molecule has 4 heteroatoms. The lowest BCUT2D eigenvalue weighted by Gasteiger charge is -2.28. The SMILES string of the molecule is CCCN(C)c1ccc(C(=O)N2C3CCNCC2CC3)cc1. The summed E-state index contributed by atoms with van der Waals surface area (Å²) in [4.78, 5) is 17.3. The van der Waals surface area contributed by atoms with E-state index >= 15 is 0 Å². The van der Waals surface area contributed by atoms with Gasteiger partial charge in [0.25, 0.3) is 5.91 Å². The van der Waals surface area contributed by atoms with E-state index in [4.69, 9.17) is 0 Å². The molecule has 0 radical (unpaired) electrons. The molecule has 2 heterocycles. The highest BCUT2D eigenvalue weighted by atomic mass is 16.2. The smallest absolute Gasteiger partial charge is 0.254 e. The molecule has 0 aliphatic carbocycles. The predicted octanol–water partition coefficient (Wildman–Crippen LogP) is 2.50. The Bertz CT molecular complexity index is 500. The van der Waals surface area contributed by atoms with Gasteiger partial charge in [0.05, 0.1) is 0 Å². The molecule has 3 rings (SSSR count). The molecule has 0 spiro atoms. The molecule has 4 nitrogen and oxygen atoms in total. The van der Waals surface area contributed by atoms with E-state index in [1.807, 2.05) is 12.1 Å². The molecule has 2 saturated heterocycles. The van der Waals surface area contributed by atoms with Gasteiger partial charge in [-0.15, -0.1) is 0 Å². The van der Waals surface area contributed by atoms with Crippen molar-refractivity contribution in [2.24, 2.45) is 0 Å². The van der Waals surface area contributed by atoms with Gasteiger partial charge in [-0.3, -0.25) is 4.79 Å². The summed E-state index contributed by atoms with van der Waals surface area (Å²) in [5.41, 5.74) is 2.01. The number of anilines is 1. The maximum atomic E-state index is 12.9. The Morgan fingerprint density at radius 1 is 1.23 bits per heavy atom. The molecule has 1 amide bonds. The molecule has 22 heavy (non-hydrogen) atoms. The highest BCUT2D eigenvalue weighted by Crippen LogP contribution is 2.29. The van der Waals surface area contributed by atoms with Crippen molar-refractivity contribution in [1.29, 1.82) is 0 Å². The molecule has 0 aromatic heterocycles. The molecule has 2 atom stereocenters. The number of carbonyl (C=O) groups is 1. The van der Waals surface area contributed by atoms with Crippen molar-refractivity contribution in [2.45, 2.75) is 44.7 Å². The maximum Gasteiger partial charge on any atom is 0.254 e. The van der Waals surface area contributed by atoms with Crippen molar-refractivity contribution in [1.82, 2.24) is 10.2 Å². The zero-order valence-corrected chi connectivity index (χ0v) is 13.7. The van der Waals surface area contributed by atoms with Crippen molar-refractivity contribution in [3.05, 3.63) is 29.8 Å². The number of fused-ring (bicyclic) bond motifs is 2. The van der Waals surface area contributed by atoms with Crippen LogP contribution < -0.4 is 10.2 Å². The Kier molecular flexibility index (Phi) is 4.67. The van der Waals surface area contributed by atoms with Crippen LogP contribution in [0.5, 0.6) is 0 Å². The Balaban J connectivity index is 1.74. The van der Waals surface area contributed by atoms with E-state index in [2.05, 4.69) is 41.2 Å². The maximum absolute atomic E-state index is 12.9. The highest BCUT2D eigenvalue weighted by molar-refractivity contribution is 5.95. The molecule has 0 saturated carbocycles. The standard InChI is InChI=1S/C18H27N3O/c1-3-12-20(2)15-6-4-14(5-7-15)18(22)21-16-8-9-17(21)13-19-11-10-16/h4-7,16-17,19H,3,8-13H2,1-2H3. The van der Waals surface area contributed by atoms with Gasteiger partial charge in [-0.05, 0) is 56.5 Å². The number of carbonyl (C=O) groups excluding carboxylic acids is 1. The fourth-order valence-electron chi connectivity index (χ4n) is 3.79. The summed E-state index contributed by atoms with van der Waals surface area (Å²) in [5.74, 6) is 0.209. The van der Waals surface area contributed by atoms with Crippen LogP contribution in [0.3, 0.4) is 0 Å². The zero-order valence-electron chi connectivity index (χ0n) is 13.7. The lowest BCUT2D eigenvalue weighted by Crippen LogP contribution is -2.42. The lowest BCUT2D eigenvalue weighted by atomic mass is 10.1. The summed E-state index contributed by atoms with van der Waals surface area (Å²) in [6, 6.07) is 8.92. The van der Waals surface area contributed by atoms with E-state index in [1.165, 1.54) is 5.69 Å². The van der Waals surface area contributed by atoms with Gasteiger partial charge in [0.2, 0.25) is 0 Å². The van der Waals surface area contributed by atoms with Crippen LogP contribution in [0.25, 0.3) is 0 Å². The van der Waals surface area contributed by atoms with Gasteiger partial charge in [-0.1, -0.05) is 6.92 Å². The van der Waals surface area contributed by atoms with Gasteiger partial charge < -0.3 is 15.1 Å². The largest absolute Gasteiger partial charge is 0.375 e. The highest BCUT2D eigenvalue weighted by Gasteiger charge is 2.38. The molecular weight excluding hydrogens is 274 g/mol. The van der Waals surface area contributed by atoms with Crippen molar-refractivity contribution >= 4 is 11.6 Å². The number of nitrogens with one attached hydrogen (secondary N) is 1. The van der Waals surface area contributed by atoms with E-state index in [1.54, 1.807) is 0 Å². The average Bonchev–Trinajstić information content (AvgIpc) is 2.80. The molecule has 2 bridgehead atoms. The topological polar surface area (TPSA) is 35.6 Å². The van der Waals surface area contributed by atoms with Crippen LogP contribution >= 0.6 is 0 Å². The number of rotatable bonds is 4. The minimum absolute atomic E-state index is 0.209. The van der Waals surface area contributed by atoms with E-state index in [0.29, 0.717) is 12.1 Å². The van der Waals surface area contributed by atoms with Crippen molar-refractivity contribution in [2.75, 3.05) is 31.6 Å². The quantitative estimate of drug-likeness (QED) is 0.928. The van der Waals surface area contributed by atoms with Crippen molar-refractivity contribution < 1.29 is 4.79 Å². The van der Waals surface area contributed by atoms with Crippen molar-refractivity contribution in [3.63, 3.8) is 0 Å². The molecule has 2 fully saturated rings. The second kappa shape index (κ2) is 6.69. The van der Waals surface area contributed by atoms with Crippen LogP contribution in [0.1, 0.15) is 43.0 Å². The van der Waals surface area contributed by atoms with Crippen LogP contribution in [0.15, 0.2) is 24.3 Å². The molecule has 2 aliphatic rings. The molecule has 1 N–H and O–H groups in total. The number of nitrogens with zero attached hydrogens (tertiary/aromatic N) is 2. The van der Waals surface area contributed by atoms with E-state index in [-0.39, 0.29) is 5.91 Å². The van der Waals surface area contributed by atoms with Gasteiger partial charge in [-0.25, -0.2) is 0 Å². The normalized spacial score (nSPS) is 24.2. The fraction of sp³-hybridized carbons (Fsp3) is 0.611. The molecule has 120 valence electrons. The van der Waals surface area contributed by atoms with Gasteiger partial charge in [0.15, 0.2) is 0 Å². The summed E-state index contributed by atoms with van der Waals surface area (Å²) >= 11 is 0. The summed E-state index contributed by atoms with van der Waals surface area (Å²) < 4.78 is 0. The van der Waals surface area contributed by atoms with Gasteiger partial charge in [0, 0.05) is 43.5 Å². The van der Waals surface area contributed by atoms with E-state index in [0.717, 1.165) is 50.9 Å². The van der Waals surface area contributed by atoms with Gasteiger partial charge in [0.1, 0.15) is 0 Å². The van der Waals surface area contributed by atoms with Crippen LogP contribution in [0, 0.1) is 0 Å². The van der Waals surface area contributed by atoms with Crippen molar-refractivity contribution in [3.8, 4) is 0 Å². The molecule has 2 aliphatic heterocycles. The lowest BCUT2D eigenvalue weighted by molar-refractivity contribution is 0.0680. The predicted molar refractivity (Wildman–Crippen MR) is 90.5 cm³/mol. The second-order valence-corrected chi connectivity index (χ2v) is 6.56. The van der Waals surface area contributed by atoms with Crippen LogP contribution in [0.2, 0.25) is 0 Å². The Morgan fingerprint density at radius 3 is 2.68 bits per heavy atom. The third kappa shape index (κ3) is 2.98. The number of hydrogen-bond donors (Lipinski definition) is 1. The monoisotopic (exact) mass is 301 g/mol. The van der Waals surface area contributed by atoms with E-state index in [9.17, 15) is 4.79 Å².